The zero-order chi connectivity index (χ0) is 11.3. The van der Waals surface area contributed by atoms with Gasteiger partial charge in [-0.15, -0.1) is 0 Å². The first kappa shape index (κ1) is 12.1. The molecule has 0 heterocycles. The molecule has 15 heavy (non-hydrogen) atoms. The van der Waals surface area contributed by atoms with Crippen molar-refractivity contribution >= 4 is 29.3 Å². The summed E-state index contributed by atoms with van der Waals surface area (Å²) >= 11 is 6.96. The quantitative estimate of drug-likeness (QED) is 0.644. The molecular formula is C11H11ClO2S. The third-order valence-corrected chi connectivity index (χ3v) is 2.96. The highest BCUT2D eigenvalue weighted by molar-refractivity contribution is 8.04. The number of aliphatic carboxylic acids is 1. The second-order valence-electron chi connectivity index (χ2n) is 2.84. The van der Waals surface area contributed by atoms with Gasteiger partial charge in [0.1, 0.15) is 0 Å². The molecule has 0 fully saturated rings. The summed E-state index contributed by atoms with van der Waals surface area (Å²) in [6, 6.07) is 7.10. The minimum absolute atomic E-state index is 0.347. The van der Waals surface area contributed by atoms with E-state index in [1.165, 1.54) is 11.8 Å². The molecule has 0 aliphatic heterocycles. The Balaban J connectivity index is 2.79. The number of rotatable bonds is 4. The molecule has 0 spiro atoms. The molecule has 2 nitrogen and oxygen atoms in total. The van der Waals surface area contributed by atoms with Crippen molar-refractivity contribution in [1.29, 1.82) is 0 Å². The Morgan fingerprint density at radius 3 is 2.53 bits per heavy atom. The highest BCUT2D eigenvalue weighted by atomic mass is 35.5. The standard InChI is InChI=1S/C11H11ClO2S/c1-2-3-10(11(13)14)15-9-6-4-8(12)5-7-9/h3-7H,2H2,1H3,(H,13,14)/b10-3+. The van der Waals surface area contributed by atoms with E-state index in [1.54, 1.807) is 30.3 Å². The van der Waals surface area contributed by atoms with Crippen LogP contribution in [-0.2, 0) is 4.79 Å². The number of hydrogen-bond acceptors (Lipinski definition) is 2. The molecule has 0 aliphatic rings. The van der Waals surface area contributed by atoms with Gasteiger partial charge in [-0.05, 0) is 30.7 Å². The summed E-state index contributed by atoms with van der Waals surface area (Å²) in [6.45, 7) is 1.91. The summed E-state index contributed by atoms with van der Waals surface area (Å²) in [6.07, 6.45) is 2.41. The summed E-state index contributed by atoms with van der Waals surface area (Å²) < 4.78 is 0. The van der Waals surface area contributed by atoms with Crippen LogP contribution in [0.2, 0.25) is 5.02 Å². The van der Waals surface area contributed by atoms with E-state index in [2.05, 4.69) is 0 Å². The predicted molar refractivity (Wildman–Crippen MR) is 63.3 cm³/mol. The highest BCUT2D eigenvalue weighted by Gasteiger charge is 2.08. The van der Waals surface area contributed by atoms with Crippen molar-refractivity contribution in [2.24, 2.45) is 0 Å². The summed E-state index contributed by atoms with van der Waals surface area (Å²) in [5.41, 5.74) is 0. The predicted octanol–water partition coefficient (Wildman–Crippen LogP) is 3.81. The van der Waals surface area contributed by atoms with Gasteiger partial charge < -0.3 is 5.11 Å². The second kappa shape index (κ2) is 5.83. The molecule has 1 N–H and O–H groups in total. The van der Waals surface area contributed by atoms with E-state index >= 15 is 0 Å². The Bertz CT molecular complexity index is 371. The van der Waals surface area contributed by atoms with Gasteiger partial charge in [-0.2, -0.15) is 0 Å². The first-order valence-electron chi connectivity index (χ1n) is 4.50. The zero-order valence-corrected chi connectivity index (χ0v) is 9.81. The van der Waals surface area contributed by atoms with Crippen LogP contribution in [0.4, 0.5) is 0 Å². The van der Waals surface area contributed by atoms with Crippen LogP contribution in [0.3, 0.4) is 0 Å². The monoisotopic (exact) mass is 242 g/mol. The molecule has 1 aromatic carbocycles. The van der Waals surface area contributed by atoms with Gasteiger partial charge in [0.25, 0.3) is 0 Å². The Morgan fingerprint density at radius 2 is 2.07 bits per heavy atom. The van der Waals surface area contributed by atoms with Crippen LogP contribution in [0, 0.1) is 0 Å². The number of benzene rings is 1. The highest BCUT2D eigenvalue weighted by Crippen LogP contribution is 2.27. The van der Waals surface area contributed by atoms with Gasteiger partial charge in [0.15, 0.2) is 0 Å². The van der Waals surface area contributed by atoms with Crippen molar-refractivity contribution in [3.8, 4) is 0 Å². The van der Waals surface area contributed by atoms with E-state index < -0.39 is 5.97 Å². The van der Waals surface area contributed by atoms with Crippen LogP contribution in [0.15, 0.2) is 40.1 Å². The van der Waals surface area contributed by atoms with Crippen LogP contribution < -0.4 is 0 Å². The van der Waals surface area contributed by atoms with Crippen LogP contribution >= 0.6 is 23.4 Å². The van der Waals surface area contributed by atoms with E-state index in [-0.39, 0.29) is 0 Å². The lowest BCUT2D eigenvalue weighted by Gasteiger charge is -2.02. The molecule has 4 heteroatoms. The summed E-state index contributed by atoms with van der Waals surface area (Å²) in [4.78, 5) is 12.1. The molecule has 0 aromatic heterocycles. The fourth-order valence-corrected chi connectivity index (χ4v) is 1.98. The first-order chi connectivity index (χ1) is 7.13. The topological polar surface area (TPSA) is 37.3 Å². The molecule has 80 valence electrons. The second-order valence-corrected chi connectivity index (χ2v) is 4.39. The van der Waals surface area contributed by atoms with Gasteiger partial charge in [-0.25, -0.2) is 4.79 Å². The van der Waals surface area contributed by atoms with Gasteiger partial charge in [0.05, 0.1) is 4.91 Å². The molecule has 0 atom stereocenters. The molecule has 0 bridgehead atoms. The molecule has 0 amide bonds. The Hall–Kier alpha value is -0.930. The number of carbonyl (C=O) groups is 1. The Kier molecular flexibility index (Phi) is 4.72. The van der Waals surface area contributed by atoms with E-state index in [9.17, 15) is 4.79 Å². The molecular weight excluding hydrogens is 232 g/mol. The molecule has 0 aliphatic carbocycles. The number of carboxylic acids is 1. The van der Waals surface area contributed by atoms with Crippen molar-refractivity contribution in [2.45, 2.75) is 18.2 Å². The number of allylic oxidation sites excluding steroid dienone is 1. The Morgan fingerprint density at radius 1 is 1.47 bits per heavy atom. The van der Waals surface area contributed by atoms with E-state index in [0.29, 0.717) is 16.3 Å². The maximum atomic E-state index is 10.8. The van der Waals surface area contributed by atoms with Crippen LogP contribution in [0.25, 0.3) is 0 Å². The number of thioether (sulfide) groups is 1. The molecule has 0 radical (unpaired) electrons. The average molecular weight is 243 g/mol. The zero-order valence-electron chi connectivity index (χ0n) is 8.24. The summed E-state index contributed by atoms with van der Waals surface area (Å²) in [5.74, 6) is -0.892. The lowest BCUT2D eigenvalue weighted by molar-refractivity contribution is -0.131. The lowest BCUT2D eigenvalue weighted by atomic mass is 10.4. The van der Waals surface area contributed by atoms with Gasteiger partial charge in [-0.3, -0.25) is 0 Å². The van der Waals surface area contributed by atoms with Crippen molar-refractivity contribution < 1.29 is 9.90 Å². The summed E-state index contributed by atoms with van der Waals surface area (Å²) in [7, 11) is 0. The van der Waals surface area contributed by atoms with Crippen LogP contribution in [0.5, 0.6) is 0 Å². The smallest absolute Gasteiger partial charge is 0.342 e. The SMILES string of the molecule is CC/C=C(/Sc1ccc(Cl)cc1)C(=O)O. The fraction of sp³-hybridized carbons (Fsp3) is 0.182. The van der Waals surface area contributed by atoms with Crippen molar-refractivity contribution in [3.05, 3.63) is 40.3 Å². The van der Waals surface area contributed by atoms with Crippen molar-refractivity contribution in [2.75, 3.05) is 0 Å². The molecule has 0 unspecified atom stereocenters. The normalized spacial score (nSPS) is 11.5. The molecule has 0 saturated heterocycles. The third kappa shape index (κ3) is 3.98. The van der Waals surface area contributed by atoms with Gasteiger partial charge in [0.2, 0.25) is 0 Å². The average Bonchev–Trinajstić information content (AvgIpc) is 2.20. The number of carboxylic acid groups (broad SMARTS) is 1. The number of halogens is 1. The van der Waals surface area contributed by atoms with Crippen LogP contribution in [-0.4, -0.2) is 11.1 Å². The maximum absolute atomic E-state index is 10.8. The minimum atomic E-state index is -0.892. The van der Waals surface area contributed by atoms with Crippen molar-refractivity contribution in [1.82, 2.24) is 0 Å². The molecule has 1 aromatic rings. The summed E-state index contributed by atoms with van der Waals surface area (Å²) in [5, 5.41) is 9.55. The number of hydrogen-bond donors (Lipinski definition) is 1. The van der Waals surface area contributed by atoms with Crippen LogP contribution in [0.1, 0.15) is 13.3 Å². The van der Waals surface area contributed by atoms with Gasteiger partial charge in [0, 0.05) is 9.92 Å². The van der Waals surface area contributed by atoms with Gasteiger partial charge >= 0.3 is 5.97 Å². The molecule has 1 rings (SSSR count). The Labute approximate surface area is 97.9 Å². The van der Waals surface area contributed by atoms with E-state index in [1.807, 2.05) is 6.92 Å². The van der Waals surface area contributed by atoms with Gasteiger partial charge in [-0.1, -0.05) is 36.4 Å². The third-order valence-electron chi connectivity index (χ3n) is 1.64. The first-order valence-corrected chi connectivity index (χ1v) is 5.69. The minimum Gasteiger partial charge on any atom is -0.477 e. The largest absolute Gasteiger partial charge is 0.477 e. The molecule has 0 saturated carbocycles. The maximum Gasteiger partial charge on any atom is 0.342 e. The van der Waals surface area contributed by atoms with E-state index in [0.717, 1.165) is 4.90 Å². The van der Waals surface area contributed by atoms with E-state index in [4.69, 9.17) is 16.7 Å². The fourth-order valence-electron chi connectivity index (χ4n) is 0.988. The van der Waals surface area contributed by atoms with Crippen molar-refractivity contribution in [3.63, 3.8) is 0 Å². The lowest BCUT2D eigenvalue weighted by Crippen LogP contribution is -1.96.